The van der Waals surface area contributed by atoms with Crippen molar-refractivity contribution in [1.29, 1.82) is 0 Å². The molecule has 2 atom stereocenters. The Morgan fingerprint density at radius 3 is 2.11 bits per heavy atom. The van der Waals surface area contributed by atoms with Gasteiger partial charge in [0.1, 0.15) is 5.75 Å². The molecule has 236 valence electrons. The summed E-state index contributed by atoms with van der Waals surface area (Å²) in [6, 6.07) is 17.9. The molecule has 3 aromatic rings. The van der Waals surface area contributed by atoms with Crippen molar-refractivity contribution in [1.82, 2.24) is 10.6 Å². The Kier molecular flexibility index (Phi) is 7.80. The van der Waals surface area contributed by atoms with Gasteiger partial charge in [0.15, 0.2) is 6.04 Å². The fourth-order valence-electron chi connectivity index (χ4n) is 9.44. The Bertz CT molecular complexity index is 1600. The van der Waals surface area contributed by atoms with Gasteiger partial charge in [-0.2, -0.15) is 0 Å². The number of carbonyl (C=O) groups excluding carboxylic acids is 3. The number of rotatable bonds is 9. The summed E-state index contributed by atoms with van der Waals surface area (Å²) in [7, 11) is 3.35. The number of methoxy groups -OCH3 is 1. The number of amides is 3. The molecule has 8 rings (SSSR count). The lowest BCUT2D eigenvalue weighted by atomic mass is 9.49. The number of nitrogens with zero attached hydrogens (tertiary/aromatic N) is 2. The third-order valence-electron chi connectivity index (χ3n) is 11.0. The van der Waals surface area contributed by atoms with Crippen LogP contribution in [0.3, 0.4) is 0 Å². The van der Waals surface area contributed by atoms with Crippen molar-refractivity contribution >= 4 is 39.9 Å². The molecule has 5 aliphatic rings. The maximum atomic E-state index is 14.7. The van der Waals surface area contributed by atoms with Gasteiger partial charge in [-0.25, -0.2) is 0 Å². The first-order chi connectivity index (χ1) is 21.8. The van der Waals surface area contributed by atoms with E-state index >= 15 is 0 Å². The van der Waals surface area contributed by atoms with Crippen LogP contribution in [-0.2, 0) is 20.9 Å². The van der Waals surface area contributed by atoms with Crippen LogP contribution in [-0.4, -0.2) is 50.5 Å². The first kappa shape index (κ1) is 29.8. The molecule has 2 N–H and O–H groups in total. The Labute approximate surface area is 265 Å². The van der Waals surface area contributed by atoms with E-state index in [0.717, 1.165) is 59.0 Å². The number of nitrogens with one attached hydrogen (secondary N) is 2. The highest BCUT2D eigenvalue weighted by Gasteiger charge is 2.53. The van der Waals surface area contributed by atoms with Crippen LogP contribution in [0.2, 0.25) is 0 Å². The van der Waals surface area contributed by atoms with E-state index in [9.17, 15) is 14.4 Å². The van der Waals surface area contributed by atoms with Gasteiger partial charge in [-0.3, -0.25) is 14.4 Å². The lowest BCUT2D eigenvalue weighted by Gasteiger charge is -2.57. The number of carbonyl (C=O) groups is 3. The normalized spacial score (nSPS) is 27.8. The number of hydrogen-bond acceptors (Lipinski definition) is 5. The SMILES string of the molecule is CC[C@H](NC)C(=O)NC1C(=O)N(Cc2c(OC)ccc3ccccc23)c2ccccc2N(CC23CC4CC(CC(C4)C2)C3)C1=O. The maximum Gasteiger partial charge on any atom is 0.259 e. The first-order valence-electron chi connectivity index (χ1n) is 16.6. The summed E-state index contributed by atoms with van der Waals surface area (Å²) in [5.41, 5.74) is 2.30. The molecule has 0 aromatic heterocycles. The van der Waals surface area contributed by atoms with Crippen molar-refractivity contribution in [3.63, 3.8) is 0 Å². The minimum Gasteiger partial charge on any atom is -0.496 e. The Balaban J connectivity index is 1.33. The number of fused-ring (bicyclic) bond motifs is 2. The average Bonchev–Trinajstić information content (AvgIpc) is 3.11. The summed E-state index contributed by atoms with van der Waals surface area (Å²) < 4.78 is 5.81. The third kappa shape index (κ3) is 5.27. The monoisotopic (exact) mass is 608 g/mol. The molecule has 45 heavy (non-hydrogen) atoms. The Morgan fingerprint density at radius 1 is 0.889 bits per heavy atom. The van der Waals surface area contributed by atoms with Gasteiger partial charge in [0.2, 0.25) is 5.91 Å². The molecule has 0 radical (unpaired) electrons. The molecule has 8 heteroatoms. The van der Waals surface area contributed by atoms with Gasteiger partial charge in [0, 0.05) is 12.1 Å². The number of ether oxygens (including phenoxy) is 1. The topological polar surface area (TPSA) is 91.0 Å². The highest BCUT2D eigenvalue weighted by atomic mass is 16.5. The van der Waals surface area contributed by atoms with Crippen molar-refractivity contribution in [3.05, 3.63) is 66.2 Å². The minimum atomic E-state index is -1.35. The zero-order valence-electron chi connectivity index (χ0n) is 26.6. The van der Waals surface area contributed by atoms with Gasteiger partial charge in [-0.05, 0) is 104 Å². The number of hydrogen-bond donors (Lipinski definition) is 2. The fraction of sp³-hybridized carbons (Fsp3) is 0.486. The van der Waals surface area contributed by atoms with Crippen LogP contribution >= 0.6 is 0 Å². The second-order valence-corrected chi connectivity index (χ2v) is 13.9. The van der Waals surface area contributed by atoms with E-state index in [0.29, 0.717) is 24.4 Å². The van der Waals surface area contributed by atoms with Crippen LogP contribution in [0.25, 0.3) is 10.8 Å². The fourth-order valence-corrected chi connectivity index (χ4v) is 9.44. The molecule has 3 aromatic carbocycles. The van der Waals surface area contributed by atoms with Crippen molar-refractivity contribution < 1.29 is 19.1 Å². The van der Waals surface area contributed by atoms with Gasteiger partial charge in [-0.15, -0.1) is 0 Å². The highest BCUT2D eigenvalue weighted by Crippen LogP contribution is 2.60. The van der Waals surface area contributed by atoms with Gasteiger partial charge >= 0.3 is 0 Å². The van der Waals surface area contributed by atoms with Crippen molar-refractivity contribution in [2.75, 3.05) is 30.5 Å². The molecule has 0 spiro atoms. The van der Waals surface area contributed by atoms with E-state index in [-0.39, 0.29) is 23.8 Å². The zero-order chi connectivity index (χ0) is 31.3. The van der Waals surface area contributed by atoms with Gasteiger partial charge in [0.05, 0.1) is 31.1 Å². The van der Waals surface area contributed by atoms with E-state index in [4.69, 9.17) is 4.74 Å². The second-order valence-electron chi connectivity index (χ2n) is 13.9. The molecule has 1 unspecified atom stereocenters. The summed E-state index contributed by atoms with van der Waals surface area (Å²) in [5, 5.41) is 7.94. The lowest BCUT2D eigenvalue weighted by Crippen LogP contribution is -2.60. The molecular formula is C37H44N4O4. The summed E-state index contributed by atoms with van der Waals surface area (Å²) in [5.74, 6) is 1.70. The van der Waals surface area contributed by atoms with Gasteiger partial charge in [-0.1, -0.05) is 49.4 Å². The average molecular weight is 609 g/mol. The summed E-state index contributed by atoms with van der Waals surface area (Å²) in [6.45, 7) is 2.67. The predicted molar refractivity (Wildman–Crippen MR) is 176 cm³/mol. The molecule has 4 aliphatic carbocycles. The smallest absolute Gasteiger partial charge is 0.259 e. The Morgan fingerprint density at radius 2 is 1.49 bits per heavy atom. The molecule has 4 saturated carbocycles. The van der Waals surface area contributed by atoms with Crippen LogP contribution in [0.4, 0.5) is 11.4 Å². The van der Waals surface area contributed by atoms with Crippen LogP contribution in [0.5, 0.6) is 5.75 Å². The van der Waals surface area contributed by atoms with Crippen LogP contribution < -0.4 is 25.2 Å². The highest BCUT2D eigenvalue weighted by molar-refractivity contribution is 6.21. The third-order valence-corrected chi connectivity index (χ3v) is 11.0. The summed E-state index contributed by atoms with van der Waals surface area (Å²) in [6.07, 6.45) is 7.85. The summed E-state index contributed by atoms with van der Waals surface area (Å²) in [4.78, 5) is 46.4. The van der Waals surface area contributed by atoms with Crippen molar-refractivity contribution in [2.45, 2.75) is 70.5 Å². The molecule has 1 aliphatic heterocycles. The molecule has 3 amide bonds. The first-order valence-corrected chi connectivity index (χ1v) is 16.6. The van der Waals surface area contributed by atoms with E-state index < -0.39 is 18.0 Å². The number of benzene rings is 3. The van der Waals surface area contributed by atoms with Gasteiger partial charge in [0.25, 0.3) is 11.8 Å². The zero-order valence-corrected chi connectivity index (χ0v) is 26.6. The quantitative estimate of drug-likeness (QED) is 0.317. The van der Waals surface area contributed by atoms with Crippen molar-refractivity contribution in [3.8, 4) is 5.75 Å². The van der Waals surface area contributed by atoms with Crippen LogP contribution in [0.1, 0.15) is 57.4 Å². The number of likely N-dealkylation sites (N-methyl/N-ethyl adjacent to an activating group) is 1. The van der Waals surface area contributed by atoms with Crippen molar-refractivity contribution in [2.24, 2.45) is 23.2 Å². The van der Waals surface area contributed by atoms with E-state index in [1.807, 2.05) is 72.5 Å². The molecule has 4 fully saturated rings. The van der Waals surface area contributed by atoms with Crippen LogP contribution in [0.15, 0.2) is 60.7 Å². The predicted octanol–water partition coefficient (Wildman–Crippen LogP) is 5.43. The lowest BCUT2D eigenvalue weighted by molar-refractivity contribution is -0.135. The van der Waals surface area contributed by atoms with E-state index in [1.54, 1.807) is 19.1 Å². The van der Waals surface area contributed by atoms with E-state index in [1.165, 1.54) is 19.3 Å². The van der Waals surface area contributed by atoms with Crippen LogP contribution in [0, 0.1) is 23.2 Å². The minimum absolute atomic E-state index is 0.0417. The molecule has 8 nitrogen and oxygen atoms in total. The second kappa shape index (κ2) is 11.8. The molecule has 4 bridgehead atoms. The van der Waals surface area contributed by atoms with E-state index in [2.05, 4.69) is 10.6 Å². The number of para-hydroxylation sites is 2. The number of anilines is 2. The standard InChI is InChI=1S/C37H44N4O4/c1-4-29(38-2)34(42)39-33-35(43)40(21-28-27-10-6-5-9-26(27)13-14-32(28)45-3)30-11-7-8-12-31(30)41(36(33)44)22-37-18-23-15-24(19-37)17-25(16-23)20-37/h5-14,23-25,29,33,38H,4,15-22H2,1-3H3,(H,39,42)/t23?,24?,25?,29-,33?,37?/m0/s1. The Hall–Kier alpha value is -3.91. The molecule has 1 heterocycles. The maximum absolute atomic E-state index is 14.7. The molecule has 0 saturated heterocycles. The molecular weight excluding hydrogens is 564 g/mol. The van der Waals surface area contributed by atoms with Gasteiger partial charge < -0.3 is 25.2 Å². The largest absolute Gasteiger partial charge is 0.496 e. The summed E-state index contributed by atoms with van der Waals surface area (Å²) >= 11 is 0.